The van der Waals surface area contributed by atoms with Crippen molar-refractivity contribution >= 4 is 87.0 Å². The lowest BCUT2D eigenvalue weighted by molar-refractivity contribution is 0.0956. The quantitative estimate of drug-likeness (QED) is 0.0714. The number of fused-ring (bicyclic) bond motifs is 4. The first kappa shape index (κ1) is 57.4. The van der Waals surface area contributed by atoms with Crippen molar-refractivity contribution in [3.05, 3.63) is 174 Å². The minimum Gasteiger partial charge on any atom is -0.506 e. The van der Waals surface area contributed by atoms with E-state index < -0.39 is 55.1 Å². The van der Waals surface area contributed by atoms with Crippen LogP contribution in [0, 0.1) is 30.2 Å². The van der Waals surface area contributed by atoms with Gasteiger partial charge in [-0.05, 0) is 103 Å². The molecule has 0 saturated heterocycles. The molecule has 0 spiro atoms. The first-order valence-corrected chi connectivity index (χ1v) is 29.6. The van der Waals surface area contributed by atoms with Crippen LogP contribution in [0.15, 0.2) is 143 Å². The second kappa shape index (κ2) is 22.0. The summed E-state index contributed by atoms with van der Waals surface area (Å²) in [6.07, 6.45) is 7.27. The fourth-order valence-electron chi connectivity index (χ4n) is 9.90. The topological polar surface area (TPSA) is 263 Å². The van der Waals surface area contributed by atoms with Gasteiger partial charge in [-0.2, -0.15) is 0 Å². The van der Waals surface area contributed by atoms with Gasteiger partial charge >= 0.3 is 0 Å². The number of rotatable bonds is 12. The van der Waals surface area contributed by atoms with E-state index in [0.29, 0.717) is 72.2 Å². The first-order valence-electron chi connectivity index (χ1n) is 25.9. The normalized spacial score (nSPS) is 11.8. The molecule has 86 heavy (non-hydrogen) atoms. The lowest BCUT2D eigenvalue weighted by atomic mass is 10.00. The fourth-order valence-corrected chi connectivity index (χ4v) is 10.9. The van der Waals surface area contributed by atoms with Crippen LogP contribution in [0.4, 0.5) is 28.9 Å². The van der Waals surface area contributed by atoms with E-state index in [2.05, 4.69) is 35.6 Å². The molecule has 8 aromatic heterocycles. The molecule has 12 rings (SSSR count). The number of aryl methyl sites for hydroxylation is 1. The third kappa shape index (κ3) is 10.6. The van der Waals surface area contributed by atoms with Gasteiger partial charge in [-0.1, -0.05) is 6.07 Å². The number of sulfonamides is 2. The smallest absolute Gasteiger partial charge is 0.255 e. The van der Waals surface area contributed by atoms with Crippen molar-refractivity contribution in [2.24, 2.45) is 0 Å². The average Bonchev–Trinajstić information content (AvgIpc) is 1.74. The van der Waals surface area contributed by atoms with E-state index in [0.717, 1.165) is 39.1 Å². The summed E-state index contributed by atoms with van der Waals surface area (Å²) in [5, 5.41) is 17.3. The monoisotopic (exact) mass is 1210 g/mol. The molecular weight excluding hydrogens is 1160 g/mol. The highest BCUT2D eigenvalue weighted by Gasteiger charge is 2.29. The summed E-state index contributed by atoms with van der Waals surface area (Å²) >= 11 is 0. The van der Waals surface area contributed by atoms with Crippen LogP contribution in [0.25, 0.3) is 112 Å². The van der Waals surface area contributed by atoms with Crippen molar-refractivity contribution in [2.75, 3.05) is 49.3 Å². The van der Waals surface area contributed by atoms with Crippen molar-refractivity contribution in [1.29, 1.82) is 0 Å². The Balaban J connectivity index is 0.000000190. The Morgan fingerprint density at radius 3 is 1.37 bits per heavy atom. The predicted molar refractivity (Wildman–Crippen MR) is 322 cm³/mol. The van der Waals surface area contributed by atoms with E-state index in [9.17, 15) is 49.1 Å². The van der Waals surface area contributed by atoms with Crippen LogP contribution < -0.4 is 19.2 Å². The molecule has 8 heterocycles. The molecule has 0 aliphatic heterocycles. The Hall–Kier alpha value is -10.4. The number of benzene rings is 4. The van der Waals surface area contributed by atoms with Crippen LogP contribution in [-0.4, -0.2) is 104 Å². The van der Waals surface area contributed by atoms with Gasteiger partial charge in [0.1, 0.15) is 45.8 Å². The number of H-pyrrole nitrogens is 2. The molecule has 0 bridgehead atoms. The molecule has 19 nitrogen and oxygen atoms in total. The number of nitrogens with one attached hydrogen (secondary N) is 4. The van der Waals surface area contributed by atoms with Gasteiger partial charge < -0.3 is 34.5 Å². The zero-order valence-corrected chi connectivity index (χ0v) is 48.1. The van der Waals surface area contributed by atoms with Gasteiger partial charge in [0.25, 0.3) is 11.8 Å². The third-order valence-electron chi connectivity index (χ3n) is 14.4. The average molecular weight is 1210 g/mol. The van der Waals surface area contributed by atoms with Crippen molar-refractivity contribution in [1.82, 2.24) is 40.5 Å². The summed E-state index contributed by atoms with van der Waals surface area (Å²) in [5.74, 6) is -2.73. The van der Waals surface area contributed by atoms with Gasteiger partial charge in [0.15, 0.2) is 11.6 Å². The fraction of sp³-hybridized carbons (Fsp3) is 0.115. The standard InChI is InChI=1S/C31H25F2N5O4S.C30H23F2N5O5S.H2/c1-16-5-10-23(37-29(16)24-12-19-22(33)14-35-15-25(19)36-24)20-11-21-27(13-26(20)38(3)43(4,40)41)42-30(28(21)31(39)34-2)17-6-8-18(32)9-7-17;1-33-30(39)27-19-10-18(21-8-9-25(38)28(36-21)22-11-17-20(32)13-34-14-23(17)35-22)24(37(2)43(3,40)41)12-26(19)42-29(27)15-4-6-16(31)7-5-15;/h5-15,36H,1-4H3,(H,34,39);4-14,35,38H,1-3H3,(H,33,39);1H. The Morgan fingerprint density at radius 2 is 0.965 bits per heavy atom. The van der Waals surface area contributed by atoms with E-state index in [1.165, 1.54) is 119 Å². The maximum absolute atomic E-state index is 14.4. The highest BCUT2D eigenvalue weighted by molar-refractivity contribution is 7.92. The third-order valence-corrected chi connectivity index (χ3v) is 16.8. The number of aromatic nitrogens is 6. The molecule has 0 radical (unpaired) electrons. The van der Waals surface area contributed by atoms with Gasteiger partial charge in [-0.15, -0.1) is 0 Å². The van der Waals surface area contributed by atoms with Crippen LogP contribution in [0.3, 0.4) is 0 Å². The highest BCUT2D eigenvalue weighted by atomic mass is 32.2. The molecule has 0 unspecified atom stereocenters. The SMILES string of the molecule is CNC(=O)c1c(-c2ccc(F)cc2)oc2cc(N(C)S(C)(=O)=O)c(-c3ccc(C)c(-c4cc5c(F)cncc5[nH]4)n3)cc12.CNC(=O)c1c(-c2ccc(F)cc2)oc2cc(N(C)S(C)(=O)=O)c(-c3ccc(O)c(-c4cc5c(F)cncc5[nH]4)n3)cc12.[HH]. The van der Waals surface area contributed by atoms with E-state index >= 15 is 0 Å². The summed E-state index contributed by atoms with van der Waals surface area (Å²) in [5.41, 5.74) is 6.59. The lowest BCUT2D eigenvalue weighted by Crippen LogP contribution is -2.25. The molecule has 4 aromatic carbocycles. The van der Waals surface area contributed by atoms with Gasteiger partial charge in [-0.25, -0.2) is 44.4 Å². The highest BCUT2D eigenvalue weighted by Crippen LogP contribution is 2.44. The van der Waals surface area contributed by atoms with Gasteiger partial charge in [0, 0.05) is 85.5 Å². The number of hydrogen-bond donors (Lipinski definition) is 5. The van der Waals surface area contributed by atoms with E-state index in [4.69, 9.17) is 13.8 Å². The van der Waals surface area contributed by atoms with Crippen molar-refractivity contribution in [2.45, 2.75) is 6.92 Å². The number of pyridine rings is 4. The summed E-state index contributed by atoms with van der Waals surface area (Å²) < 4.78 is 121. The number of amides is 2. The van der Waals surface area contributed by atoms with E-state index in [1.54, 1.807) is 24.3 Å². The van der Waals surface area contributed by atoms with E-state index in [1.807, 2.05) is 13.0 Å². The Kier molecular flexibility index (Phi) is 14.7. The number of aromatic hydroxyl groups is 1. The maximum Gasteiger partial charge on any atom is 0.255 e. The number of carbonyl (C=O) groups excluding carboxylic acids is 2. The lowest BCUT2D eigenvalue weighted by Gasteiger charge is -2.20. The zero-order chi connectivity index (χ0) is 61.3. The zero-order valence-electron chi connectivity index (χ0n) is 46.4. The van der Waals surface area contributed by atoms with Gasteiger partial charge in [0.05, 0.1) is 99.3 Å². The number of hydrogen-bond acceptors (Lipinski definition) is 13. The molecular formula is C61H50F4N10O9S2. The van der Waals surface area contributed by atoms with Gasteiger partial charge in [-0.3, -0.25) is 28.2 Å². The van der Waals surface area contributed by atoms with Crippen LogP contribution in [0.1, 0.15) is 27.7 Å². The van der Waals surface area contributed by atoms with E-state index in [-0.39, 0.29) is 69.1 Å². The number of aromatic amines is 2. The van der Waals surface area contributed by atoms with Crippen molar-refractivity contribution in [3.8, 4) is 73.7 Å². The Labute approximate surface area is 488 Å². The number of nitrogens with zero attached hydrogens (tertiary/aromatic N) is 6. The summed E-state index contributed by atoms with van der Waals surface area (Å²) in [6, 6.07) is 26.7. The minimum absolute atomic E-state index is 0. The minimum atomic E-state index is -3.79. The number of furan rings is 2. The number of anilines is 2. The predicted octanol–water partition coefficient (Wildman–Crippen LogP) is 11.7. The maximum atomic E-state index is 14.4. The van der Waals surface area contributed by atoms with Crippen LogP contribution >= 0.6 is 0 Å². The largest absolute Gasteiger partial charge is 0.506 e. The molecule has 5 N–H and O–H groups in total. The Bertz CT molecular complexity index is 4670. The number of halogens is 4. The second-order valence-electron chi connectivity index (χ2n) is 19.9. The van der Waals surface area contributed by atoms with Crippen LogP contribution in [0.2, 0.25) is 0 Å². The first-order chi connectivity index (χ1) is 40.9. The van der Waals surface area contributed by atoms with Crippen molar-refractivity contribution < 1.29 is 59.4 Å². The molecule has 438 valence electrons. The molecule has 0 atom stereocenters. The molecule has 25 heteroatoms. The summed E-state index contributed by atoms with van der Waals surface area (Å²) in [7, 11) is -1.83. The van der Waals surface area contributed by atoms with Crippen molar-refractivity contribution in [3.63, 3.8) is 0 Å². The summed E-state index contributed by atoms with van der Waals surface area (Å²) in [4.78, 5) is 49.7. The summed E-state index contributed by atoms with van der Waals surface area (Å²) in [6.45, 7) is 1.85. The number of carbonyl (C=O) groups is 2. The molecule has 0 fully saturated rings. The van der Waals surface area contributed by atoms with Crippen LogP contribution in [0.5, 0.6) is 5.75 Å². The molecule has 0 aliphatic carbocycles. The van der Waals surface area contributed by atoms with Crippen LogP contribution in [-0.2, 0) is 20.0 Å². The second-order valence-corrected chi connectivity index (χ2v) is 24.0. The molecule has 0 aliphatic rings. The van der Waals surface area contributed by atoms with Gasteiger partial charge in [0.2, 0.25) is 20.0 Å². The molecule has 12 aromatic rings. The molecule has 2 amide bonds. The molecule has 0 saturated carbocycles. The Morgan fingerprint density at radius 1 is 0.558 bits per heavy atom.